The van der Waals surface area contributed by atoms with Crippen molar-refractivity contribution >= 4 is 5.84 Å². The number of nitrogens with zero attached hydrogens (tertiary/aromatic N) is 2. The van der Waals surface area contributed by atoms with Crippen LogP contribution in [0.5, 0.6) is 0 Å². The number of nitrogens with two attached hydrogens (primary N) is 1. The van der Waals surface area contributed by atoms with Gasteiger partial charge in [-0.15, -0.1) is 0 Å². The molecule has 1 aliphatic heterocycles. The topological polar surface area (TPSA) is 82.4 Å². The molecule has 0 unspecified atom stereocenters. The van der Waals surface area contributed by atoms with Gasteiger partial charge in [-0.25, -0.2) is 0 Å². The maximum Gasteiger partial charge on any atom is 0.140 e. The van der Waals surface area contributed by atoms with Gasteiger partial charge >= 0.3 is 0 Å². The summed E-state index contributed by atoms with van der Waals surface area (Å²) in [6.45, 7) is 3.98. The minimum Gasteiger partial charge on any atom is -0.508 e. The average Bonchev–Trinajstić information content (AvgIpc) is 2.40. The van der Waals surface area contributed by atoms with Crippen molar-refractivity contribution in [2.24, 2.45) is 16.6 Å². The molecule has 0 bridgehead atoms. The predicted molar refractivity (Wildman–Crippen MR) is 50.1 cm³/mol. The molecule has 0 saturated heterocycles. The number of amidine groups is 1. The molecule has 13 heavy (non-hydrogen) atoms. The Morgan fingerprint density at radius 3 is 2.77 bits per heavy atom. The van der Waals surface area contributed by atoms with Crippen molar-refractivity contribution in [2.45, 2.75) is 26.3 Å². The van der Waals surface area contributed by atoms with E-state index in [1.54, 1.807) is 0 Å². The molecule has 4 heteroatoms. The van der Waals surface area contributed by atoms with E-state index in [9.17, 15) is 5.11 Å². The molecule has 0 fully saturated rings. The highest BCUT2D eigenvalue weighted by Gasteiger charge is 2.29. The summed E-state index contributed by atoms with van der Waals surface area (Å²) in [6.07, 6.45) is 0.893. The van der Waals surface area contributed by atoms with E-state index in [0.29, 0.717) is 0 Å². The van der Waals surface area contributed by atoms with E-state index in [2.05, 4.69) is 4.99 Å². The first-order chi connectivity index (χ1) is 6.11. The first-order valence-corrected chi connectivity index (χ1v) is 4.28. The lowest BCUT2D eigenvalue weighted by Crippen LogP contribution is -2.16. The molecule has 1 heterocycles. The van der Waals surface area contributed by atoms with Gasteiger partial charge in [-0.3, -0.25) is 4.99 Å². The molecule has 0 radical (unpaired) electrons. The molecule has 4 nitrogen and oxygen atoms in total. The third-order valence-electron chi connectivity index (χ3n) is 2.37. The van der Waals surface area contributed by atoms with Crippen molar-refractivity contribution in [3.8, 4) is 6.07 Å². The fourth-order valence-electron chi connectivity index (χ4n) is 1.29. The Morgan fingerprint density at radius 2 is 2.38 bits per heavy atom. The Kier molecular flexibility index (Phi) is 2.57. The lowest BCUT2D eigenvalue weighted by molar-refractivity contribution is 0.326. The Morgan fingerprint density at radius 1 is 1.77 bits per heavy atom. The van der Waals surface area contributed by atoms with Crippen molar-refractivity contribution in [2.75, 3.05) is 0 Å². The molecule has 1 rings (SSSR count). The summed E-state index contributed by atoms with van der Waals surface area (Å²) in [6, 6.07) is 1.53. The Bertz CT molecular complexity index is 311. The number of nitriles is 1. The zero-order valence-electron chi connectivity index (χ0n) is 7.78. The van der Waals surface area contributed by atoms with Gasteiger partial charge in [0.25, 0.3) is 0 Å². The van der Waals surface area contributed by atoms with Gasteiger partial charge in [0.2, 0.25) is 0 Å². The molecule has 0 aliphatic carbocycles. The van der Waals surface area contributed by atoms with E-state index in [1.165, 1.54) is 0 Å². The molecule has 3 N–H and O–H groups in total. The van der Waals surface area contributed by atoms with Crippen LogP contribution in [0, 0.1) is 17.2 Å². The van der Waals surface area contributed by atoms with Crippen LogP contribution >= 0.6 is 0 Å². The van der Waals surface area contributed by atoms with Crippen LogP contribution in [0.25, 0.3) is 0 Å². The highest BCUT2D eigenvalue weighted by molar-refractivity contribution is 6.03. The van der Waals surface area contributed by atoms with Crippen LogP contribution in [-0.2, 0) is 0 Å². The van der Waals surface area contributed by atoms with Crippen molar-refractivity contribution < 1.29 is 5.11 Å². The Labute approximate surface area is 77.4 Å². The van der Waals surface area contributed by atoms with Gasteiger partial charge in [-0.2, -0.15) is 5.26 Å². The highest BCUT2D eigenvalue weighted by Crippen LogP contribution is 2.25. The Balaban J connectivity index is 2.97. The molecule has 0 spiro atoms. The molecule has 0 aromatic heterocycles. The third-order valence-corrected chi connectivity index (χ3v) is 2.37. The molecule has 2 atom stereocenters. The number of hydrogen-bond acceptors (Lipinski definition) is 4. The second-order valence-electron chi connectivity index (χ2n) is 3.22. The first kappa shape index (κ1) is 9.59. The zero-order chi connectivity index (χ0) is 10.0. The SMILES string of the molecule is CC[C@@H](C)[C@@H]1N=C(N)C(C#N)=C1O. The minimum atomic E-state index is -0.320. The standard InChI is InChI=1S/C9H13N3O/c1-3-5(2)7-8(13)6(4-10)9(11)12-7/h5,7,13H,3H2,1-2H3,(H2,11,12)/t5-,7+/m1/s1. The van der Waals surface area contributed by atoms with Gasteiger partial charge < -0.3 is 10.8 Å². The van der Waals surface area contributed by atoms with Crippen molar-refractivity contribution in [1.82, 2.24) is 0 Å². The molecular weight excluding hydrogens is 166 g/mol. The summed E-state index contributed by atoms with van der Waals surface area (Å²) in [4.78, 5) is 4.04. The molecule has 0 saturated carbocycles. The molecule has 0 aromatic carbocycles. The normalized spacial score (nSPS) is 24.1. The number of hydrogen-bond donors (Lipinski definition) is 2. The van der Waals surface area contributed by atoms with Crippen LogP contribution in [0.3, 0.4) is 0 Å². The van der Waals surface area contributed by atoms with E-state index in [0.717, 1.165) is 6.42 Å². The Hall–Kier alpha value is -1.50. The zero-order valence-corrected chi connectivity index (χ0v) is 7.78. The second kappa shape index (κ2) is 3.48. The van der Waals surface area contributed by atoms with Crippen LogP contribution in [-0.4, -0.2) is 17.0 Å². The van der Waals surface area contributed by atoms with Crippen LogP contribution in [0.1, 0.15) is 20.3 Å². The summed E-state index contributed by atoms with van der Waals surface area (Å²) >= 11 is 0. The third kappa shape index (κ3) is 1.50. The molecule has 0 amide bonds. The van der Waals surface area contributed by atoms with E-state index in [1.807, 2.05) is 19.9 Å². The van der Waals surface area contributed by atoms with Gasteiger partial charge in [-0.05, 0) is 5.92 Å². The molecule has 0 aromatic rings. The largest absolute Gasteiger partial charge is 0.508 e. The summed E-state index contributed by atoms with van der Waals surface area (Å²) < 4.78 is 0. The van der Waals surface area contributed by atoms with E-state index < -0.39 is 0 Å². The summed E-state index contributed by atoms with van der Waals surface area (Å²) in [7, 11) is 0. The second-order valence-corrected chi connectivity index (χ2v) is 3.22. The van der Waals surface area contributed by atoms with Crippen LogP contribution in [0.2, 0.25) is 0 Å². The van der Waals surface area contributed by atoms with Gasteiger partial charge in [0, 0.05) is 0 Å². The van der Waals surface area contributed by atoms with Crippen molar-refractivity contribution in [3.63, 3.8) is 0 Å². The maximum absolute atomic E-state index is 9.58. The van der Waals surface area contributed by atoms with Gasteiger partial charge in [0.1, 0.15) is 29.3 Å². The van der Waals surface area contributed by atoms with Gasteiger partial charge in [0.05, 0.1) is 0 Å². The minimum absolute atomic E-state index is 0.0225. The van der Waals surface area contributed by atoms with Gasteiger partial charge in [0.15, 0.2) is 0 Å². The quantitative estimate of drug-likeness (QED) is 0.666. The van der Waals surface area contributed by atoms with E-state index in [-0.39, 0.29) is 29.1 Å². The van der Waals surface area contributed by atoms with Gasteiger partial charge in [-0.1, -0.05) is 20.3 Å². The lowest BCUT2D eigenvalue weighted by atomic mass is 9.98. The first-order valence-electron chi connectivity index (χ1n) is 4.28. The number of rotatable bonds is 2. The van der Waals surface area contributed by atoms with Crippen LogP contribution in [0.4, 0.5) is 0 Å². The highest BCUT2D eigenvalue weighted by atomic mass is 16.3. The van der Waals surface area contributed by atoms with Crippen molar-refractivity contribution in [1.29, 1.82) is 5.26 Å². The fourth-order valence-corrected chi connectivity index (χ4v) is 1.29. The fraction of sp³-hybridized carbons (Fsp3) is 0.556. The number of aliphatic hydroxyl groups excluding tert-OH is 1. The number of aliphatic imine (C=N–C) groups is 1. The van der Waals surface area contributed by atoms with E-state index >= 15 is 0 Å². The molecular formula is C9H13N3O. The predicted octanol–water partition coefficient (Wildman–Crippen LogP) is 1.11. The monoisotopic (exact) mass is 179 g/mol. The summed E-state index contributed by atoms with van der Waals surface area (Å²) in [5.41, 5.74) is 5.60. The van der Waals surface area contributed by atoms with E-state index in [4.69, 9.17) is 11.0 Å². The summed E-state index contributed by atoms with van der Waals surface area (Å²) in [5, 5.41) is 18.2. The lowest BCUT2D eigenvalue weighted by Gasteiger charge is -2.14. The number of aliphatic hydroxyl groups is 1. The molecule has 70 valence electrons. The summed E-state index contributed by atoms with van der Waals surface area (Å²) in [5.74, 6) is 0.393. The molecule has 1 aliphatic rings. The maximum atomic E-state index is 9.58. The smallest absolute Gasteiger partial charge is 0.140 e. The van der Waals surface area contributed by atoms with Crippen molar-refractivity contribution in [3.05, 3.63) is 11.3 Å². The average molecular weight is 179 g/mol. The van der Waals surface area contributed by atoms with Crippen LogP contribution in [0.15, 0.2) is 16.3 Å². The van der Waals surface area contributed by atoms with Crippen LogP contribution < -0.4 is 5.73 Å².